The van der Waals surface area contributed by atoms with E-state index in [0.717, 1.165) is 31.2 Å². The van der Waals surface area contributed by atoms with Crippen LogP contribution in [0.5, 0.6) is 0 Å². The molecule has 7 heteroatoms. The molecule has 24 heavy (non-hydrogen) atoms. The molecule has 1 aromatic rings. The molecule has 0 aromatic carbocycles. The van der Waals surface area contributed by atoms with Crippen molar-refractivity contribution in [3.63, 3.8) is 0 Å². The fraction of sp³-hybridized carbons (Fsp3) is 0.588. The highest BCUT2D eigenvalue weighted by atomic mass is 32.1. The molecule has 2 unspecified atom stereocenters. The summed E-state index contributed by atoms with van der Waals surface area (Å²) in [7, 11) is 0. The molecule has 0 radical (unpaired) electrons. The molecule has 0 saturated heterocycles. The predicted molar refractivity (Wildman–Crippen MR) is 91.8 cm³/mol. The molecule has 3 N–H and O–H groups in total. The Kier molecular flexibility index (Phi) is 6.78. The van der Waals surface area contributed by atoms with Crippen molar-refractivity contribution in [2.24, 2.45) is 5.92 Å². The van der Waals surface area contributed by atoms with Crippen molar-refractivity contribution < 1.29 is 19.5 Å². The molecule has 2 rings (SSSR count). The summed E-state index contributed by atoms with van der Waals surface area (Å²) in [5.74, 6) is -1.37. The van der Waals surface area contributed by atoms with Crippen LogP contribution in [0.15, 0.2) is 16.8 Å². The second-order valence-corrected chi connectivity index (χ2v) is 7.17. The van der Waals surface area contributed by atoms with E-state index in [9.17, 15) is 19.5 Å². The summed E-state index contributed by atoms with van der Waals surface area (Å²) in [5, 5.41) is 18.4. The van der Waals surface area contributed by atoms with Gasteiger partial charge in [0.1, 0.15) is 6.04 Å². The zero-order chi connectivity index (χ0) is 17.5. The molecule has 1 aliphatic carbocycles. The number of rotatable bonds is 8. The Morgan fingerprint density at radius 1 is 1.29 bits per heavy atom. The summed E-state index contributed by atoms with van der Waals surface area (Å²) >= 11 is 1.49. The first-order valence-corrected chi connectivity index (χ1v) is 9.23. The number of carbonyl (C=O) groups is 3. The predicted octanol–water partition coefficient (Wildman–Crippen LogP) is 1.94. The van der Waals surface area contributed by atoms with Gasteiger partial charge in [0.05, 0.1) is 0 Å². The monoisotopic (exact) mass is 352 g/mol. The molecular formula is C17H24N2O4S. The first-order chi connectivity index (χ1) is 11.5. The van der Waals surface area contributed by atoms with E-state index in [0.29, 0.717) is 0 Å². The minimum atomic E-state index is -1.06. The lowest BCUT2D eigenvalue weighted by molar-refractivity contribution is -0.142. The number of carbonyl (C=O) groups excluding carboxylic acids is 2. The van der Waals surface area contributed by atoms with Crippen molar-refractivity contribution >= 4 is 29.1 Å². The van der Waals surface area contributed by atoms with Crippen molar-refractivity contribution in [3.8, 4) is 0 Å². The van der Waals surface area contributed by atoms with Gasteiger partial charge in [-0.25, -0.2) is 4.79 Å². The van der Waals surface area contributed by atoms with E-state index in [2.05, 4.69) is 10.6 Å². The van der Waals surface area contributed by atoms with Gasteiger partial charge >= 0.3 is 5.97 Å². The lowest BCUT2D eigenvalue weighted by atomic mass is 10.1. The molecule has 1 aliphatic rings. The number of nitrogens with one attached hydrogen (secondary N) is 2. The van der Waals surface area contributed by atoms with Gasteiger partial charge in [-0.15, -0.1) is 0 Å². The van der Waals surface area contributed by atoms with E-state index >= 15 is 0 Å². The van der Waals surface area contributed by atoms with Crippen LogP contribution in [0.4, 0.5) is 0 Å². The number of hydrogen-bond donors (Lipinski definition) is 3. The van der Waals surface area contributed by atoms with Crippen LogP contribution in [-0.4, -0.2) is 35.0 Å². The summed E-state index contributed by atoms with van der Waals surface area (Å²) in [5.41, 5.74) is 0.885. The SMILES string of the molecule is CC(CC(=O)NC(Cc1ccsc1)C(=O)O)NC(=O)C1CCCC1. The molecule has 132 valence electrons. The number of aliphatic carboxylic acids is 1. The third-order valence-electron chi connectivity index (χ3n) is 4.26. The number of amides is 2. The van der Waals surface area contributed by atoms with E-state index in [1.165, 1.54) is 11.3 Å². The largest absolute Gasteiger partial charge is 0.480 e. The summed E-state index contributed by atoms with van der Waals surface area (Å²) in [6.45, 7) is 1.76. The molecule has 1 heterocycles. The van der Waals surface area contributed by atoms with E-state index in [-0.39, 0.29) is 36.6 Å². The maximum Gasteiger partial charge on any atom is 0.326 e. The average molecular weight is 352 g/mol. The van der Waals surface area contributed by atoms with Crippen LogP contribution in [-0.2, 0) is 20.8 Å². The Hall–Kier alpha value is -1.89. The first-order valence-electron chi connectivity index (χ1n) is 8.29. The van der Waals surface area contributed by atoms with Crippen molar-refractivity contribution in [1.82, 2.24) is 10.6 Å². The lowest BCUT2D eigenvalue weighted by Gasteiger charge is -2.18. The maximum atomic E-state index is 12.1. The van der Waals surface area contributed by atoms with Crippen molar-refractivity contribution in [1.29, 1.82) is 0 Å². The molecule has 0 bridgehead atoms. The van der Waals surface area contributed by atoms with Crippen molar-refractivity contribution in [2.75, 3.05) is 0 Å². The Labute approximate surface area is 145 Å². The molecule has 1 fully saturated rings. The molecular weight excluding hydrogens is 328 g/mol. The average Bonchev–Trinajstić information content (AvgIpc) is 3.19. The Morgan fingerprint density at radius 2 is 2.00 bits per heavy atom. The number of carboxylic acid groups (broad SMARTS) is 1. The van der Waals surface area contributed by atoms with Gasteiger partial charge < -0.3 is 15.7 Å². The van der Waals surface area contributed by atoms with Gasteiger partial charge in [0, 0.05) is 24.8 Å². The minimum absolute atomic E-state index is 0.000794. The number of carboxylic acids is 1. The summed E-state index contributed by atoms with van der Waals surface area (Å²) in [6.07, 6.45) is 4.31. The van der Waals surface area contributed by atoms with Crippen molar-refractivity contribution in [3.05, 3.63) is 22.4 Å². The fourth-order valence-electron chi connectivity index (χ4n) is 2.98. The molecule has 6 nitrogen and oxygen atoms in total. The van der Waals surface area contributed by atoms with E-state index in [1.807, 2.05) is 16.8 Å². The Bertz CT molecular complexity index is 567. The standard InChI is InChI=1S/C17H24N2O4S/c1-11(18-16(21)13-4-2-3-5-13)8-15(20)19-14(17(22)23)9-12-6-7-24-10-12/h6-7,10-11,13-14H,2-5,8-9H2,1H3,(H,18,21)(H,19,20)(H,22,23). The Balaban J connectivity index is 1.79. The minimum Gasteiger partial charge on any atom is -0.480 e. The van der Waals surface area contributed by atoms with Gasteiger partial charge in [-0.3, -0.25) is 9.59 Å². The maximum absolute atomic E-state index is 12.1. The van der Waals surface area contributed by atoms with E-state index in [4.69, 9.17) is 0 Å². The fourth-order valence-corrected chi connectivity index (χ4v) is 3.66. The van der Waals surface area contributed by atoms with Crippen LogP contribution in [0.2, 0.25) is 0 Å². The molecule has 0 spiro atoms. The zero-order valence-electron chi connectivity index (χ0n) is 13.8. The van der Waals surface area contributed by atoms with Crippen LogP contribution in [0.1, 0.15) is 44.6 Å². The van der Waals surface area contributed by atoms with Crippen LogP contribution < -0.4 is 10.6 Å². The van der Waals surface area contributed by atoms with E-state index < -0.39 is 12.0 Å². The second-order valence-electron chi connectivity index (χ2n) is 6.39. The second kappa shape index (κ2) is 8.82. The molecule has 2 amide bonds. The number of thiophene rings is 1. The van der Waals surface area contributed by atoms with Gasteiger partial charge in [0.2, 0.25) is 11.8 Å². The quantitative estimate of drug-likeness (QED) is 0.666. The van der Waals surface area contributed by atoms with Gasteiger partial charge in [0.15, 0.2) is 0 Å². The van der Waals surface area contributed by atoms with Crippen LogP contribution >= 0.6 is 11.3 Å². The lowest BCUT2D eigenvalue weighted by Crippen LogP contribution is -2.45. The van der Waals surface area contributed by atoms with Crippen molar-refractivity contribution in [2.45, 2.75) is 57.5 Å². The van der Waals surface area contributed by atoms with E-state index in [1.54, 1.807) is 6.92 Å². The highest BCUT2D eigenvalue weighted by molar-refractivity contribution is 7.07. The number of hydrogen-bond acceptors (Lipinski definition) is 4. The summed E-state index contributed by atoms with van der Waals surface area (Å²) in [6, 6.07) is 0.579. The van der Waals surface area contributed by atoms with Gasteiger partial charge in [0.25, 0.3) is 0 Å². The third-order valence-corrected chi connectivity index (χ3v) is 4.99. The van der Waals surface area contributed by atoms with Gasteiger partial charge in [-0.2, -0.15) is 11.3 Å². The van der Waals surface area contributed by atoms with Gasteiger partial charge in [-0.1, -0.05) is 12.8 Å². The topological polar surface area (TPSA) is 95.5 Å². The third kappa shape index (κ3) is 5.63. The van der Waals surface area contributed by atoms with Crippen LogP contribution in [0.25, 0.3) is 0 Å². The normalized spacial score (nSPS) is 17.2. The summed E-state index contributed by atoms with van der Waals surface area (Å²) < 4.78 is 0. The molecule has 0 aliphatic heterocycles. The zero-order valence-corrected chi connectivity index (χ0v) is 14.6. The first kappa shape index (κ1) is 18.4. The summed E-state index contributed by atoms with van der Waals surface area (Å²) in [4.78, 5) is 35.4. The Morgan fingerprint density at radius 3 is 2.58 bits per heavy atom. The molecule has 1 saturated carbocycles. The van der Waals surface area contributed by atoms with Crippen LogP contribution in [0, 0.1) is 5.92 Å². The smallest absolute Gasteiger partial charge is 0.326 e. The highest BCUT2D eigenvalue weighted by Crippen LogP contribution is 2.24. The van der Waals surface area contributed by atoms with Crippen LogP contribution in [0.3, 0.4) is 0 Å². The van der Waals surface area contributed by atoms with Gasteiger partial charge in [-0.05, 0) is 42.2 Å². The highest BCUT2D eigenvalue weighted by Gasteiger charge is 2.25. The molecule has 1 aromatic heterocycles. The molecule has 2 atom stereocenters.